The van der Waals surface area contributed by atoms with Gasteiger partial charge in [-0.3, -0.25) is 9.69 Å². The van der Waals surface area contributed by atoms with Gasteiger partial charge in [-0.05, 0) is 42.2 Å². The molecule has 2 aromatic carbocycles. The summed E-state index contributed by atoms with van der Waals surface area (Å²) in [6, 6.07) is 13.9. The molecule has 0 radical (unpaired) electrons. The van der Waals surface area contributed by atoms with E-state index in [0.29, 0.717) is 13.0 Å². The second-order valence-corrected chi connectivity index (χ2v) is 8.35. The average molecular weight is 471 g/mol. The Bertz CT molecular complexity index is 1140. The molecule has 0 aliphatic rings. The number of fused-ring (bicyclic) bond motifs is 1. The average Bonchev–Trinajstić information content (AvgIpc) is 3.46. The first-order valence-electron chi connectivity index (χ1n) is 10.5. The highest BCUT2D eigenvalue weighted by molar-refractivity contribution is 7.22. The van der Waals surface area contributed by atoms with Crippen LogP contribution in [0.5, 0.6) is 5.75 Å². The molecule has 1 amide bonds. The van der Waals surface area contributed by atoms with Gasteiger partial charge in [-0.15, -0.1) is 12.4 Å². The summed E-state index contributed by atoms with van der Waals surface area (Å²) in [7, 11) is 1.64. The van der Waals surface area contributed by atoms with Gasteiger partial charge in [0.15, 0.2) is 5.13 Å². The molecular weight excluding hydrogens is 444 g/mol. The number of ether oxygens (including phenoxy) is 1. The fourth-order valence-corrected chi connectivity index (χ4v) is 4.62. The highest BCUT2D eigenvalue weighted by atomic mass is 35.5. The van der Waals surface area contributed by atoms with Crippen molar-refractivity contribution in [1.82, 2.24) is 14.5 Å². The Balaban J connectivity index is 0.00000289. The van der Waals surface area contributed by atoms with Crippen molar-refractivity contribution in [2.24, 2.45) is 0 Å². The zero-order valence-electron chi connectivity index (χ0n) is 18.2. The van der Waals surface area contributed by atoms with Crippen LogP contribution < -0.4 is 9.64 Å². The van der Waals surface area contributed by atoms with E-state index in [-0.39, 0.29) is 18.3 Å². The lowest BCUT2D eigenvalue weighted by Gasteiger charge is -2.20. The number of imidazole rings is 1. The van der Waals surface area contributed by atoms with Gasteiger partial charge in [0, 0.05) is 25.5 Å². The van der Waals surface area contributed by atoms with E-state index >= 15 is 0 Å². The fraction of sp³-hybridized carbons (Fsp3) is 0.292. The molecule has 4 aromatic rings. The zero-order valence-corrected chi connectivity index (χ0v) is 19.9. The number of aromatic nitrogens is 3. The number of amides is 1. The van der Waals surface area contributed by atoms with E-state index in [4.69, 9.17) is 9.72 Å². The van der Waals surface area contributed by atoms with Crippen molar-refractivity contribution in [3.63, 3.8) is 0 Å². The van der Waals surface area contributed by atoms with Crippen LogP contribution in [-0.4, -0.2) is 34.1 Å². The number of aryl methyl sites for hydroxylation is 2. The summed E-state index contributed by atoms with van der Waals surface area (Å²) in [5.41, 5.74) is 3.17. The maximum atomic E-state index is 13.3. The molecule has 0 N–H and O–H groups in total. The number of halogens is 1. The molecule has 0 unspecified atom stereocenters. The summed E-state index contributed by atoms with van der Waals surface area (Å²) in [5, 5.41) is 0.764. The van der Waals surface area contributed by atoms with Crippen molar-refractivity contribution >= 4 is 45.0 Å². The van der Waals surface area contributed by atoms with Crippen molar-refractivity contribution in [2.75, 3.05) is 18.6 Å². The normalized spacial score (nSPS) is 10.7. The largest absolute Gasteiger partial charge is 0.497 e. The Kier molecular flexibility index (Phi) is 8.25. The van der Waals surface area contributed by atoms with Crippen LogP contribution in [0.4, 0.5) is 5.13 Å². The molecule has 32 heavy (non-hydrogen) atoms. The first kappa shape index (κ1) is 23.8. The Morgan fingerprint density at radius 3 is 2.69 bits per heavy atom. The predicted molar refractivity (Wildman–Crippen MR) is 132 cm³/mol. The van der Waals surface area contributed by atoms with E-state index in [1.807, 2.05) is 39.9 Å². The Hall–Kier alpha value is -2.90. The van der Waals surface area contributed by atoms with E-state index in [9.17, 15) is 4.79 Å². The Morgan fingerprint density at radius 1 is 1.19 bits per heavy atom. The van der Waals surface area contributed by atoms with Gasteiger partial charge in [-0.1, -0.05) is 42.5 Å². The second-order valence-electron chi connectivity index (χ2n) is 7.34. The lowest BCUT2D eigenvalue weighted by atomic mass is 10.1. The van der Waals surface area contributed by atoms with Gasteiger partial charge in [0.1, 0.15) is 5.75 Å². The Morgan fingerprint density at radius 2 is 2.00 bits per heavy atom. The molecule has 0 saturated heterocycles. The predicted octanol–water partition coefficient (Wildman–Crippen LogP) is 5.15. The third-order valence-corrected chi connectivity index (χ3v) is 6.32. The van der Waals surface area contributed by atoms with Gasteiger partial charge in [0.2, 0.25) is 5.91 Å². The summed E-state index contributed by atoms with van der Waals surface area (Å²) in [4.78, 5) is 24.1. The van der Waals surface area contributed by atoms with Crippen LogP contribution in [0.3, 0.4) is 0 Å². The van der Waals surface area contributed by atoms with Gasteiger partial charge in [0.05, 0.1) is 30.1 Å². The topological polar surface area (TPSA) is 60.2 Å². The van der Waals surface area contributed by atoms with Crippen LogP contribution in [0, 0.1) is 0 Å². The molecule has 0 atom stereocenters. The van der Waals surface area contributed by atoms with Gasteiger partial charge >= 0.3 is 0 Å². The fourth-order valence-electron chi connectivity index (χ4n) is 3.57. The number of carbonyl (C=O) groups excluding carboxylic acids is 1. The maximum Gasteiger partial charge on any atom is 0.233 e. The number of anilines is 1. The lowest BCUT2D eigenvalue weighted by Crippen LogP contribution is -2.33. The van der Waals surface area contributed by atoms with E-state index in [1.165, 1.54) is 5.56 Å². The van der Waals surface area contributed by atoms with Gasteiger partial charge in [-0.25, -0.2) is 9.97 Å². The quantitative estimate of drug-likeness (QED) is 0.339. The zero-order chi connectivity index (χ0) is 21.6. The summed E-state index contributed by atoms with van der Waals surface area (Å²) in [6.07, 6.45) is 7.57. The molecule has 0 spiro atoms. The molecule has 0 aliphatic carbocycles. The van der Waals surface area contributed by atoms with Crippen molar-refractivity contribution in [3.05, 3.63) is 72.3 Å². The third-order valence-electron chi connectivity index (χ3n) is 5.28. The first-order valence-corrected chi connectivity index (χ1v) is 11.3. The monoisotopic (exact) mass is 470 g/mol. The number of nitrogens with zero attached hydrogens (tertiary/aromatic N) is 4. The van der Waals surface area contributed by atoms with E-state index in [1.54, 1.807) is 31.0 Å². The summed E-state index contributed by atoms with van der Waals surface area (Å²) in [6.45, 7) is 3.54. The van der Waals surface area contributed by atoms with E-state index in [0.717, 1.165) is 46.0 Å². The molecule has 0 saturated carbocycles. The molecule has 0 fully saturated rings. The molecule has 6 nitrogen and oxygen atoms in total. The van der Waals surface area contributed by atoms with Gasteiger partial charge in [-0.2, -0.15) is 0 Å². The Labute approximate surface area is 198 Å². The summed E-state index contributed by atoms with van der Waals surface area (Å²) >= 11 is 1.58. The number of thiazole rings is 1. The highest BCUT2D eigenvalue weighted by Crippen LogP contribution is 2.31. The first-order chi connectivity index (χ1) is 15.2. The molecule has 168 valence electrons. The number of hydrogen-bond donors (Lipinski definition) is 0. The standard InChI is InChI=1S/C24H26N4O2S.ClH/c1-3-19-6-4-7-21-23(19)26-24(31-21)28(14-5-13-27-15-12-25-17-27)22(29)16-18-8-10-20(30-2)11-9-18;/h4,6-12,15,17H,3,5,13-14,16H2,1-2H3;1H. The minimum atomic E-state index is 0. The number of methoxy groups -OCH3 is 1. The summed E-state index contributed by atoms with van der Waals surface area (Å²) < 4.78 is 8.37. The van der Waals surface area contributed by atoms with Crippen LogP contribution in [0.15, 0.2) is 61.2 Å². The van der Waals surface area contributed by atoms with Crippen LogP contribution in [0.25, 0.3) is 10.2 Å². The molecule has 2 aromatic heterocycles. The number of benzene rings is 2. The molecule has 4 rings (SSSR count). The maximum absolute atomic E-state index is 13.3. The van der Waals surface area contributed by atoms with Gasteiger partial charge in [0.25, 0.3) is 0 Å². The van der Waals surface area contributed by atoms with Gasteiger partial charge < -0.3 is 9.30 Å². The summed E-state index contributed by atoms with van der Waals surface area (Å²) in [5.74, 6) is 0.833. The van der Waals surface area contributed by atoms with Crippen LogP contribution in [-0.2, 0) is 24.2 Å². The van der Waals surface area contributed by atoms with Crippen molar-refractivity contribution in [2.45, 2.75) is 32.7 Å². The smallest absolute Gasteiger partial charge is 0.233 e. The molecule has 8 heteroatoms. The molecular formula is C24H27ClN4O2S. The lowest BCUT2D eigenvalue weighted by molar-refractivity contribution is -0.118. The molecule has 2 heterocycles. The van der Waals surface area contributed by atoms with Crippen molar-refractivity contribution in [1.29, 1.82) is 0 Å². The number of hydrogen-bond acceptors (Lipinski definition) is 5. The molecule has 0 aliphatic heterocycles. The van der Waals surface area contributed by atoms with Crippen molar-refractivity contribution in [3.8, 4) is 5.75 Å². The molecule has 0 bridgehead atoms. The SMILES string of the molecule is CCc1cccc2sc(N(CCCn3ccnc3)C(=O)Cc3ccc(OC)cc3)nc12.Cl. The second kappa shape index (κ2) is 11.1. The van der Waals surface area contributed by atoms with Crippen LogP contribution in [0.1, 0.15) is 24.5 Å². The van der Waals surface area contributed by atoms with Crippen LogP contribution >= 0.6 is 23.7 Å². The number of para-hydroxylation sites is 1. The minimum Gasteiger partial charge on any atom is -0.497 e. The van der Waals surface area contributed by atoms with Crippen LogP contribution in [0.2, 0.25) is 0 Å². The van der Waals surface area contributed by atoms with E-state index in [2.05, 4.69) is 30.1 Å². The minimum absolute atomic E-state index is 0. The van der Waals surface area contributed by atoms with Crippen molar-refractivity contribution < 1.29 is 9.53 Å². The number of carbonyl (C=O) groups is 1. The number of rotatable bonds is 9. The third kappa shape index (κ3) is 5.47. The highest BCUT2D eigenvalue weighted by Gasteiger charge is 2.20. The van der Waals surface area contributed by atoms with E-state index < -0.39 is 0 Å².